The monoisotopic (exact) mass is 473 g/mol. The minimum atomic E-state index is -1.24. The molecule has 0 aliphatic rings. The first-order chi connectivity index (χ1) is 13.6. The second-order valence-electron chi connectivity index (χ2n) is 7.67. The molecule has 1 N–H and O–H groups in total. The van der Waals surface area contributed by atoms with Gasteiger partial charge in [-0.25, -0.2) is 0 Å². The molecule has 164 valence electrons. The number of unbranched alkanes of at least 4 members (excludes halogenated alkanes) is 12. The molecule has 1 atom stereocenters. The van der Waals surface area contributed by atoms with Gasteiger partial charge >= 0.3 is 103 Å². The zero-order valence-corrected chi connectivity index (χ0v) is 26.1. The molecular formula is C23H41K2NO4. The predicted molar refractivity (Wildman–Crippen MR) is 110 cm³/mol. The fourth-order valence-electron chi connectivity index (χ4n) is 3.21. The number of aliphatic carboxylic acids is 2. The summed E-state index contributed by atoms with van der Waals surface area (Å²) in [6, 6.07) is -0.902. The molecule has 0 aliphatic heterocycles. The maximum absolute atomic E-state index is 10.9. The average molecular weight is 474 g/mol. The summed E-state index contributed by atoms with van der Waals surface area (Å²) in [5.41, 5.74) is 0. The topological polar surface area (TPSA) is 92.3 Å². The zero-order chi connectivity index (χ0) is 20.9. The van der Waals surface area contributed by atoms with E-state index in [1.807, 2.05) is 0 Å². The summed E-state index contributed by atoms with van der Waals surface area (Å²) in [5, 5.41) is 24.2. The normalized spacial score (nSPS) is 11.6. The zero-order valence-electron chi connectivity index (χ0n) is 19.9. The van der Waals surface area contributed by atoms with Crippen molar-refractivity contribution in [2.24, 2.45) is 0 Å². The van der Waals surface area contributed by atoms with E-state index in [1.165, 1.54) is 70.6 Å². The van der Waals surface area contributed by atoms with E-state index in [0.717, 1.165) is 19.3 Å². The average Bonchev–Trinajstić information content (AvgIpc) is 2.66. The van der Waals surface area contributed by atoms with Crippen LogP contribution in [0.5, 0.6) is 0 Å². The summed E-state index contributed by atoms with van der Waals surface area (Å²) in [5.74, 6) is -2.48. The van der Waals surface area contributed by atoms with Crippen molar-refractivity contribution in [1.29, 1.82) is 0 Å². The van der Waals surface area contributed by atoms with Crippen LogP contribution in [-0.4, -0.2) is 24.5 Å². The molecule has 0 saturated heterocycles. The molecule has 0 aliphatic carbocycles. The third kappa shape index (κ3) is 27.9. The van der Waals surface area contributed by atoms with Gasteiger partial charge < -0.3 is 25.1 Å². The Bertz CT molecular complexity index is 420. The molecule has 0 radical (unpaired) electrons. The van der Waals surface area contributed by atoms with Crippen LogP contribution >= 0.6 is 0 Å². The minimum Gasteiger partial charge on any atom is -0.550 e. The number of carboxylic acids is 2. The number of nitrogens with one attached hydrogen (secondary N) is 1. The Balaban J connectivity index is -0.00000364. The molecular weight excluding hydrogens is 432 g/mol. The fraction of sp³-hybridized carbons (Fsp3) is 0.826. The third-order valence-corrected chi connectivity index (χ3v) is 5.00. The van der Waals surface area contributed by atoms with E-state index in [4.69, 9.17) is 0 Å². The molecule has 0 bridgehead atoms. The van der Waals surface area contributed by atoms with Gasteiger partial charge in [0.1, 0.15) is 0 Å². The Kier molecular flexibility index (Phi) is 35.2. The van der Waals surface area contributed by atoms with Crippen LogP contribution in [-0.2, 0) is 9.59 Å². The van der Waals surface area contributed by atoms with Gasteiger partial charge in [-0.2, -0.15) is 0 Å². The van der Waals surface area contributed by atoms with E-state index in [-0.39, 0.29) is 116 Å². The molecule has 30 heavy (non-hydrogen) atoms. The first kappa shape index (κ1) is 36.5. The minimum absolute atomic E-state index is 0. The van der Waals surface area contributed by atoms with Crippen LogP contribution in [0.1, 0.15) is 110 Å². The van der Waals surface area contributed by atoms with Crippen LogP contribution < -0.4 is 118 Å². The Morgan fingerprint density at radius 3 is 1.70 bits per heavy atom. The SMILES string of the molecule is CCCCCCCC/C=C\CCCCCCCCN[C@@H](CCC(=O)[O-])C(=O)[O-].[K+].[K+]. The number of rotatable bonds is 21. The summed E-state index contributed by atoms with van der Waals surface area (Å²) < 4.78 is 0. The van der Waals surface area contributed by atoms with Crippen molar-refractivity contribution < 1.29 is 123 Å². The largest absolute Gasteiger partial charge is 1.00 e. The molecule has 0 amide bonds. The van der Waals surface area contributed by atoms with Crippen molar-refractivity contribution in [2.75, 3.05) is 6.54 Å². The Hall–Kier alpha value is 1.91. The molecule has 0 aromatic heterocycles. The van der Waals surface area contributed by atoms with Gasteiger partial charge in [0, 0.05) is 12.0 Å². The number of allylic oxidation sites excluding steroid dienone is 2. The van der Waals surface area contributed by atoms with E-state index in [1.54, 1.807) is 0 Å². The Labute approximate surface area is 269 Å². The molecule has 0 aromatic carbocycles. The van der Waals surface area contributed by atoms with E-state index >= 15 is 0 Å². The molecule has 0 heterocycles. The molecule has 0 aromatic rings. The van der Waals surface area contributed by atoms with E-state index in [0.29, 0.717) is 6.54 Å². The molecule has 7 heteroatoms. The van der Waals surface area contributed by atoms with Gasteiger partial charge in [0.15, 0.2) is 0 Å². The van der Waals surface area contributed by atoms with E-state index in [9.17, 15) is 19.8 Å². The number of hydrogen-bond donors (Lipinski definition) is 1. The maximum atomic E-state index is 10.9. The van der Waals surface area contributed by atoms with Gasteiger partial charge in [0.2, 0.25) is 0 Å². The van der Waals surface area contributed by atoms with Crippen LogP contribution in [0.4, 0.5) is 0 Å². The van der Waals surface area contributed by atoms with Gasteiger partial charge in [-0.05, 0) is 51.5 Å². The van der Waals surface area contributed by atoms with Crippen LogP contribution in [0.2, 0.25) is 0 Å². The first-order valence-corrected chi connectivity index (χ1v) is 11.4. The number of carbonyl (C=O) groups excluding carboxylic acids is 2. The fourth-order valence-corrected chi connectivity index (χ4v) is 3.21. The molecule has 0 rings (SSSR count). The summed E-state index contributed by atoms with van der Waals surface area (Å²) in [7, 11) is 0. The Morgan fingerprint density at radius 1 is 0.767 bits per heavy atom. The summed E-state index contributed by atoms with van der Waals surface area (Å²) in [6.07, 6.45) is 21.7. The molecule has 5 nitrogen and oxygen atoms in total. The van der Waals surface area contributed by atoms with E-state index < -0.39 is 18.0 Å². The number of hydrogen-bond acceptors (Lipinski definition) is 5. The van der Waals surface area contributed by atoms with E-state index in [2.05, 4.69) is 24.4 Å². The second-order valence-corrected chi connectivity index (χ2v) is 7.67. The number of carbonyl (C=O) groups is 2. The predicted octanol–water partition coefficient (Wildman–Crippen LogP) is -2.73. The molecule has 0 unspecified atom stereocenters. The number of carboxylic acid groups (broad SMARTS) is 2. The summed E-state index contributed by atoms with van der Waals surface area (Å²) in [4.78, 5) is 21.3. The van der Waals surface area contributed by atoms with Gasteiger partial charge in [-0.3, -0.25) is 0 Å². The van der Waals surface area contributed by atoms with Crippen LogP contribution in [0, 0.1) is 0 Å². The van der Waals surface area contributed by atoms with Crippen molar-refractivity contribution in [1.82, 2.24) is 5.32 Å². The van der Waals surface area contributed by atoms with Crippen molar-refractivity contribution in [3.8, 4) is 0 Å². The standard InChI is InChI=1S/C23H43NO4.2K/c1-2-3-4-5-6-7-8-9-10-11-12-13-14-15-16-17-20-24-21(23(27)28)18-19-22(25)26;;/h9-10,21,24H,2-8,11-20H2,1H3,(H,25,26)(H,27,28);;/q;2*+1/p-2/b10-9-;;/t21-;;/m0../s1. The van der Waals surface area contributed by atoms with Crippen LogP contribution in [0.15, 0.2) is 12.2 Å². The smallest absolute Gasteiger partial charge is 0.550 e. The van der Waals surface area contributed by atoms with Crippen LogP contribution in [0.25, 0.3) is 0 Å². The van der Waals surface area contributed by atoms with Crippen molar-refractivity contribution in [2.45, 2.75) is 116 Å². The van der Waals surface area contributed by atoms with Crippen molar-refractivity contribution in [3.05, 3.63) is 12.2 Å². The van der Waals surface area contributed by atoms with Crippen molar-refractivity contribution in [3.63, 3.8) is 0 Å². The van der Waals surface area contributed by atoms with Crippen LogP contribution in [0.3, 0.4) is 0 Å². The molecule has 0 saturated carbocycles. The summed E-state index contributed by atoms with van der Waals surface area (Å²) >= 11 is 0. The molecule has 0 fully saturated rings. The second kappa shape index (κ2) is 28.9. The van der Waals surface area contributed by atoms with Gasteiger partial charge in [-0.15, -0.1) is 0 Å². The van der Waals surface area contributed by atoms with Gasteiger partial charge in [-0.1, -0.05) is 76.9 Å². The third-order valence-electron chi connectivity index (χ3n) is 5.00. The first-order valence-electron chi connectivity index (χ1n) is 11.4. The van der Waals surface area contributed by atoms with Gasteiger partial charge in [0.05, 0.1) is 5.97 Å². The van der Waals surface area contributed by atoms with Crippen molar-refractivity contribution >= 4 is 11.9 Å². The maximum Gasteiger partial charge on any atom is 1.00 e. The molecule has 0 spiro atoms. The Morgan fingerprint density at radius 2 is 1.23 bits per heavy atom. The summed E-state index contributed by atoms with van der Waals surface area (Å²) in [6.45, 7) is 2.83. The van der Waals surface area contributed by atoms with Gasteiger partial charge in [0.25, 0.3) is 0 Å². The quantitative estimate of drug-likeness (QED) is 0.111.